The number of benzene rings is 2. The fourth-order valence-corrected chi connectivity index (χ4v) is 4.67. The van der Waals surface area contributed by atoms with Crippen molar-refractivity contribution in [2.24, 2.45) is 0 Å². The second-order valence-electron chi connectivity index (χ2n) is 9.66. The lowest BCUT2D eigenvalue weighted by Crippen LogP contribution is -2.55. The first-order valence-corrected chi connectivity index (χ1v) is 12.8. The van der Waals surface area contributed by atoms with Gasteiger partial charge in [-0.25, -0.2) is 0 Å². The highest BCUT2D eigenvalue weighted by molar-refractivity contribution is 6.02. The Hall–Kier alpha value is -4.41. The van der Waals surface area contributed by atoms with Gasteiger partial charge in [-0.05, 0) is 62.1 Å². The first-order valence-electron chi connectivity index (χ1n) is 12.8. The van der Waals surface area contributed by atoms with Crippen molar-refractivity contribution in [1.29, 1.82) is 0 Å². The number of nitrogens with one attached hydrogen (secondary N) is 2. The molecule has 4 rings (SSSR count). The van der Waals surface area contributed by atoms with Gasteiger partial charge in [-0.15, -0.1) is 13.2 Å². The van der Waals surface area contributed by atoms with E-state index in [0.717, 1.165) is 17.3 Å². The zero-order chi connectivity index (χ0) is 28.9. The number of ether oxygens (including phenoxy) is 1. The number of alkyl halides is 3. The molecule has 0 fully saturated rings. The molecule has 1 aliphatic rings. The molecule has 210 valence electrons. The van der Waals surface area contributed by atoms with E-state index in [9.17, 15) is 27.6 Å². The number of pyridine rings is 1. The summed E-state index contributed by atoms with van der Waals surface area (Å²) in [6.45, 7) is 3.74. The predicted octanol–water partition coefficient (Wildman–Crippen LogP) is 4.19. The van der Waals surface area contributed by atoms with Gasteiger partial charge in [0, 0.05) is 30.5 Å². The lowest BCUT2D eigenvalue weighted by molar-refractivity contribution is -0.274. The third-order valence-electron chi connectivity index (χ3n) is 6.49. The maximum Gasteiger partial charge on any atom is 0.573 e. The molecule has 0 bridgehead atoms. The molecule has 2 N–H and O–H groups in total. The number of carbonyl (C=O) groups excluding carboxylic acids is 3. The largest absolute Gasteiger partial charge is 0.573 e. The van der Waals surface area contributed by atoms with Gasteiger partial charge in [0.15, 0.2) is 0 Å². The second kappa shape index (κ2) is 12.2. The Kier molecular flexibility index (Phi) is 8.71. The highest BCUT2D eigenvalue weighted by Crippen LogP contribution is 2.30. The Bertz CT molecular complexity index is 1360. The molecule has 0 saturated heterocycles. The first-order chi connectivity index (χ1) is 19.0. The average molecular weight is 555 g/mol. The molecule has 8 nitrogen and oxygen atoms in total. The highest BCUT2D eigenvalue weighted by Gasteiger charge is 2.36. The Morgan fingerprint density at radius 1 is 1.07 bits per heavy atom. The molecular weight excluding hydrogens is 525 g/mol. The minimum absolute atomic E-state index is 0.0508. The SMILES string of the molecule is CC(C)N1C(=O)[C@H](NC(=O)[C@@H](Cc2ccccc2OC(F)(F)F)NC(=O)c2cccnc2)CCc2ccccc21. The Balaban J connectivity index is 1.61. The number of nitrogens with zero attached hydrogens (tertiary/aromatic N) is 2. The highest BCUT2D eigenvalue weighted by atomic mass is 19.4. The van der Waals surface area contributed by atoms with Crippen LogP contribution >= 0.6 is 0 Å². The van der Waals surface area contributed by atoms with Crippen molar-refractivity contribution in [2.45, 2.75) is 57.6 Å². The average Bonchev–Trinajstić information content (AvgIpc) is 3.05. The van der Waals surface area contributed by atoms with Gasteiger partial charge in [-0.2, -0.15) is 0 Å². The van der Waals surface area contributed by atoms with Gasteiger partial charge in [0.05, 0.1) is 5.56 Å². The lowest BCUT2D eigenvalue weighted by Gasteiger charge is -2.30. The smallest absolute Gasteiger partial charge is 0.406 e. The summed E-state index contributed by atoms with van der Waals surface area (Å²) < 4.78 is 43.2. The number of amides is 3. The van der Waals surface area contributed by atoms with Crippen molar-refractivity contribution in [3.63, 3.8) is 0 Å². The van der Waals surface area contributed by atoms with Crippen LogP contribution in [0.15, 0.2) is 73.1 Å². The summed E-state index contributed by atoms with van der Waals surface area (Å²) in [4.78, 5) is 45.7. The van der Waals surface area contributed by atoms with E-state index in [4.69, 9.17) is 0 Å². The molecule has 2 aromatic carbocycles. The molecule has 0 spiro atoms. The van der Waals surface area contributed by atoms with E-state index in [2.05, 4.69) is 20.4 Å². The molecule has 0 saturated carbocycles. The fraction of sp³-hybridized carbons (Fsp3) is 0.310. The van der Waals surface area contributed by atoms with Crippen LogP contribution in [0.2, 0.25) is 0 Å². The van der Waals surface area contributed by atoms with E-state index in [1.807, 2.05) is 38.1 Å². The maximum absolute atomic E-state index is 13.6. The van der Waals surface area contributed by atoms with Crippen LogP contribution in [0.25, 0.3) is 0 Å². The number of aromatic nitrogens is 1. The third kappa shape index (κ3) is 6.96. The van der Waals surface area contributed by atoms with Crippen LogP contribution < -0.4 is 20.3 Å². The van der Waals surface area contributed by atoms with Crippen LogP contribution in [-0.2, 0) is 22.4 Å². The predicted molar refractivity (Wildman–Crippen MR) is 142 cm³/mol. The van der Waals surface area contributed by atoms with Crippen molar-refractivity contribution >= 4 is 23.4 Å². The number of anilines is 1. The Morgan fingerprint density at radius 2 is 1.80 bits per heavy atom. The summed E-state index contributed by atoms with van der Waals surface area (Å²) in [6, 6.07) is 13.5. The van der Waals surface area contributed by atoms with Gasteiger partial charge in [0.2, 0.25) is 11.8 Å². The van der Waals surface area contributed by atoms with Gasteiger partial charge in [-0.1, -0.05) is 36.4 Å². The zero-order valence-electron chi connectivity index (χ0n) is 21.9. The van der Waals surface area contributed by atoms with Crippen molar-refractivity contribution in [3.8, 4) is 5.75 Å². The topological polar surface area (TPSA) is 101 Å². The molecule has 1 aromatic heterocycles. The number of halogens is 3. The van der Waals surface area contributed by atoms with Crippen LogP contribution in [-0.4, -0.2) is 47.2 Å². The van der Waals surface area contributed by atoms with Gasteiger partial charge in [0.25, 0.3) is 5.91 Å². The molecule has 0 aliphatic carbocycles. The quantitative estimate of drug-likeness (QED) is 0.435. The van der Waals surface area contributed by atoms with E-state index < -0.39 is 36.0 Å². The summed E-state index contributed by atoms with van der Waals surface area (Å²) in [7, 11) is 0. The number of aryl methyl sites for hydroxylation is 1. The molecule has 3 amide bonds. The summed E-state index contributed by atoms with van der Waals surface area (Å²) in [5.41, 5.74) is 1.93. The van der Waals surface area contributed by atoms with Crippen molar-refractivity contribution in [3.05, 3.63) is 89.7 Å². The van der Waals surface area contributed by atoms with E-state index in [-0.39, 0.29) is 29.5 Å². The molecule has 40 heavy (non-hydrogen) atoms. The number of hydrogen-bond donors (Lipinski definition) is 2. The number of hydrogen-bond acceptors (Lipinski definition) is 5. The maximum atomic E-state index is 13.6. The fourth-order valence-electron chi connectivity index (χ4n) is 4.67. The van der Waals surface area contributed by atoms with Crippen molar-refractivity contribution in [2.75, 3.05) is 4.90 Å². The lowest BCUT2D eigenvalue weighted by atomic mass is 10.0. The summed E-state index contributed by atoms with van der Waals surface area (Å²) in [6.07, 6.45) is -1.67. The normalized spacial score (nSPS) is 16.1. The third-order valence-corrected chi connectivity index (χ3v) is 6.49. The van der Waals surface area contributed by atoms with E-state index in [0.29, 0.717) is 12.8 Å². The van der Waals surface area contributed by atoms with Gasteiger partial charge in [-0.3, -0.25) is 19.4 Å². The molecule has 3 aromatic rings. The standard InChI is InChI=1S/C29H29F3N4O4/c1-18(2)36-24-11-5-3-8-19(24)13-14-22(28(36)39)34-27(38)23(35-26(37)21-10-7-15-33-17-21)16-20-9-4-6-12-25(20)40-29(30,31)32/h3-12,15,17-18,22-23H,13-14,16H2,1-2H3,(H,34,38)(H,35,37)/t22-,23-/m1/s1. The Morgan fingerprint density at radius 3 is 2.50 bits per heavy atom. The second-order valence-corrected chi connectivity index (χ2v) is 9.66. The molecule has 0 unspecified atom stereocenters. The van der Waals surface area contributed by atoms with Crippen LogP contribution in [0, 0.1) is 0 Å². The van der Waals surface area contributed by atoms with E-state index >= 15 is 0 Å². The minimum atomic E-state index is -4.95. The van der Waals surface area contributed by atoms with Crippen molar-refractivity contribution in [1.82, 2.24) is 15.6 Å². The molecule has 2 atom stereocenters. The van der Waals surface area contributed by atoms with Crippen LogP contribution in [0.5, 0.6) is 5.75 Å². The number of fused-ring (bicyclic) bond motifs is 1. The molecule has 2 heterocycles. The van der Waals surface area contributed by atoms with Crippen LogP contribution in [0.4, 0.5) is 18.9 Å². The molecule has 1 aliphatic heterocycles. The minimum Gasteiger partial charge on any atom is -0.406 e. The summed E-state index contributed by atoms with van der Waals surface area (Å²) >= 11 is 0. The number of para-hydroxylation sites is 2. The Labute approximate surface area is 229 Å². The van der Waals surface area contributed by atoms with Crippen LogP contribution in [0.1, 0.15) is 41.8 Å². The molecular formula is C29H29F3N4O4. The van der Waals surface area contributed by atoms with Gasteiger partial charge < -0.3 is 20.3 Å². The zero-order valence-corrected chi connectivity index (χ0v) is 21.9. The van der Waals surface area contributed by atoms with E-state index in [1.165, 1.54) is 36.7 Å². The van der Waals surface area contributed by atoms with Gasteiger partial charge in [0.1, 0.15) is 17.8 Å². The van der Waals surface area contributed by atoms with Crippen LogP contribution in [0.3, 0.4) is 0 Å². The van der Waals surface area contributed by atoms with Crippen molar-refractivity contribution < 1.29 is 32.3 Å². The number of carbonyl (C=O) groups is 3. The van der Waals surface area contributed by atoms with E-state index in [1.54, 1.807) is 11.0 Å². The summed E-state index contributed by atoms with van der Waals surface area (Å²) in [5, 5.41) is 5.34. The number of rotatable bonds is 8. The molecule has 11 heteroatoms. The molecule has 0 radical (unpaired) electrons. The summed E-state index contributed by atoms with van der Waals surface area (Å²) in [5.74, 6) is -2.17. The first kappa shape index (κ1) is 28.6. The monoisotopic (exact) mass is 554 g/mol. The van der Waals surface area contributed by atoms with Gasteiger partial charge >= 0.3 is 6.36 Å².